The van der Waals surface area contributed by atoms with Crippen LogP contribution in [0, 0.1) is 21.4 Å². The number of nitriles is 1. The van der Waals surface area contributed by atoms with Crippen molar-refractivity contribution in [3.05, 3.63) is 58.3 Å². The fourth-order valence-corrected chi connectivity index (χ4v) is 3.45. The van der Waals surface area contributed by atoms with Gasteiger partial charge in [0.1, 0.15) is 11.1 Å². The third kappa shape index (κ3) is 3.65. The first-order chi connectivity index (χ1) is 11.7. The second-order valence-corrected chi connectivity index (χ2v) is 6.60. The third-order valence-electron chi connectivity index (χ3n) is 2.77. The van der Waals surface area contributed by atoms with Gasteiger partial charge in [-0.2, -0.15) is 5.26 Å². The van der Waals surface area contributed by atoms with Crippen LogP contribution in [0.2, 0.25) is 0 Å². The van der Waals surface area contributed by atoms with E-state index in [1.807, 2.05) is 30.3 Å². The van der Waals surface area contributed by atoms with Gasteiger partial charge in [0.15, 0.2) is 4.34 Å². The number of aromatic nitrogens is 3. The monoisotopic (exact) mass is 356 g/mol. The molecule has 0 aliphatic rings. The molecule has 0 saturated heterocycles. The molecule has 2 heterocycles. The molecule has 0 radical (unpaired) electrons. The first-order valence-electron chi connectivity index (χ1n) is 6.54. The number of benzene rings is 1. The summed E-state index contributed by atoms with van der Waals surface area (Å²) in [4.78, 5) is 14.2. The lowest BCUT2D eigenvalue weighted by Gasteiger charge is -1.99. The highest BCUT2D eigenvalue weighted by Gasteiger charge is 2.17. The van der Waals surface area contributed by atoms with E-state index in [2.05, 4.69) is 20.5 Å². The number of rotatable bonds is 5. The smallest absolute Gasteiger partial charge is 0.305 e. The zero-order valence-corrected chi connectivity index (χ0v) is 13.5. The van der Waals surface area contributed by atoms with Crippen molar-refractivity contribution in [1.29, 1.82) is 5.26 Å². The summed E-state index contributed by atoms with van der Waals surface area (Å²) in [5.74, 6) is 0. The summed E-state index contributed by atoms with van der Waals surface area (Å²) in [7, 11) is 0. The van der Waals surface area contributed by atoms with Crippen LogP contribution in [0.15, 0.2) is 51.8 Å². The average molecular weight is 356 g/mol. The molecule has 0 spiro atoms. The predicted octanol–water partition coefficient (Wildman–Crippen LogP) is 3.61. The maximum atomic E-state index is 10.8. The molecule has 118 valence electrons. The fraction of sp³-hybridized carbons (Fsp3) is 0. The second-order valence-electron chi connectivity index (χ2n) is 4.35. The van der Waals surface area contributed by atoms with E-state index in [1.165, 1.54) is 35.2 Å². The molecule has 1 aromatic carbocycles. The molecule has 8 nitrogen and oxygen atoms in total. The molecule has 0 amide bonds. The summed E-state index contributed by atoms with van der Waals surface area (Å²) >= 11 is 2.51. The summed E-state index contributed by atoms with van der Waals surface area (Å²) in [5, 5.41) is 32.0. The van der Waals surface area contributed by atoms with E-state index in [0.29, 0.717) is 14.5 Å². The van der Waals surface area contributed by atoms with Gasteiger partial charge in [0.2, 0.25) is 10.8 Å². The molecular weight excluding hydrogens is 348 g/mol. The van der Waals surface area contributed by atoms with Crippen molar-refractivity contribution in [2.75, 3.05) is 5.32 Å². The Morgan fingerprint density at radius 2 is 2.00 bits per heavy atom. The molecule has 0 saturated carbocycles. The van der Waals surface area contributed by atoms with Crippen LogP contribution in [0.3, 0.4) is 0 Å². The van der Waals surface area contributed by atoms with Gasteiger partial charge >= 0.3 is 5.69 Å². The van der Waals surface area contributed by atoms with E-state index >= 15 is 0 Å². The Hall–Kier alpha value is -3.03. The Morgan fingerprint density at radius 3 is 2.71 bits per heavy atom. The molecule has 0 bridgehead atoms. The summed E-state index contributed by atoms with van der Waals surface area (Å²) < 4.78 is 0.610. The summed E-state index contributed by atoms with van der Waals surface area (Å²) in [5.41, 5.74) is 0.355. The lowest BCUT2D eigenvalue weighted by Crippen LogP contribution is -1.95. The van der Waals surface area contributed by atoms with Crippen molar-refractivity contribution in [2.45, 2.75) is 9.37 Å². The van der Waals surface area contributed by atoms with E-state index in [1.54, 1.807) is 6.07 Å². The number of hydrogen-bond donors (Lipinski definition) is 1. The number of pyridine rings is 1. The van der Waals surface area contributed by atoms with Crippen molar-refractivity contribution in [3.63, 3.8) is 0 Å². The molecule has 2 aromatic heterocycles. The summed E-state index contributed by atoms with van der Waals surface area (Å²) in [6, 6.07) is 14.0. The van der Waals surface area contributed by atoms with Gasteiger partial charge < -0.3 is 5.32 Å². The Labute approximate surface area is 144 Å². The van der Waals surface area contributed by atoms with Crippen molar-refractivity contribution in [1.82, 2.24) is 15.2 Å². The van der Waals surface area contributed by atoms with Gasteiger partial charge in [-0.25, -0.2) is 4.98 Å². The fourth-order valence-electron chi connectivity index (χ4n) is 1.76. The number of nitrogens with one attached hydrogen (secondary N) is 1. The molecule has 0 fully saturated rings. The van der Waals surface area contributed by atoms with Crippen LogP contribution in [-0.2, 0) is 0 Å². The lowest BCUT2D eigenvalue weighted by molar-refractivity contribution is -0.385. The second kappa shape index (κ2) is 7.03. The predicted molar refractivity (Wildman–Crippen MR) is 89.4 cm³/mol. The highest BCUT2D eigenvalue weighted by atomic mass is 32.2. The summed E-state index contributed by atoms with van der Waals surface area (Å²) in [6.45, 7) is 0. The number of hydrogen-bond acceptors (Lipinski definition) is 9. The Bertz CT molecular complexity index is 923. The topological polar surface area (TPSA) is 118 Å². The van der Waals surface area contributed by atoms with Gasteiger partial charge in [-0.15, -0.1) is 10.2 Å². The Morgan fingerprint density at radius 1 is 1.21 bits per heavy atom. The van der Waals surface area contributed by atoms with Crippen LogP contribution >= 0.6 is 23.1 Å². The molecule has 0 aliphatic heterocycles. The first kappa shape index (κ1) is 15.9. The molecule has 10 heteroatoms. The number of para-hydroxylation sites is 1. The maximum Gasteiger partial charge on any atom is 0.305 e. The van der Waals surface area contributed by atoms with Crippen LogP contribution < -0.4 is 5.32 Å². The van der Waals surface area contributed by atoms with Crippen molar-refractivity contribution < 1.29 is 4.92 Å². The van der Waals surface area contributed by atoms with E-state index in [-0.39, 0.29) is 11.4 Å². The molecule has 0 atom stereocenters. The number of nitro groups is 1. The highest BCUT2D eigenvalue weighted by molar-refractivity contribution is 8.01. The Balaban J connectivity index is 1.75. The zero-order chi connectivity index (χ0) is 16.9. The minimum Gasteiger partial charge on any atom is -0.330 e. The molecular formula is C14H8N6O2S2. The standard InChI is InChI=1S/C14H8N6O2S2/c15-8-10-11(20(21)22)6-7-12(17-10)23-14-19-18-13(24-14)16-9-4-2-1-3-5-9/h1-7H,(H,16,18). The number of anilines is 2. The van der Waals surface area contributed by atoms with Crippen molar-refractivity contribution >= 4 is 39.6 Å². The van der Waals surface area contributed by atoms with Crippen LogP contribution in [0.1, 0.15) is 5.69 Å². The quantitative estimate of drug-likeness (QED) is 0.544. The van der Waals surface area contributed by atoms with Gasteiger partial charge in [0.25, 0.3) is 0 Å². The van der Waals surface area contributed by atoms with Gasteiger partial charge in [0.05, 0.1) is 4.92 Å². The molecule has 3 aromatic rings. The normalized spacial score (nSPS) is 10.1. The third-order valence-corrected chi connectivity index (χ3v) is 4.60. The molecule has 0 unspecified atom stereocenters. The molecule has 1 N–H and O–H groups in total. The molecule has 0 aliphatic carbocycles. The average Bonchev–Trinajstić information content (AvgIpc) is 3.02. The molecule has 3 rings (SSSR count). The van der Waals surface area contributed by atoms with Crippen LogP contribution in [0.4, 0.5) is 16.5 Å². The van der Waals surface area contributed by atoms with Crippen LogP contribution in [0.25, 0.3) is 0 Å². The van der Waals surface area contributed by atoms with Gasteiger partial charge in [-0.05, 0) is 30.0 Å². The van der Waals surface area contributed by atoms with E-state index in [9.17, 15) is 10.1 Å². The lowest BCUT2D eigenvalue weighted by atomic mass is 10.3. The molecule has 24 heavy (non-hydrogen) atoms. The maximum absolute atomic E-state index is 10.8. The van der Waals surface area contributed by atoms with Gasteiger partial charge in [-0.1, -0.05) is 29.5 Å². The van der Waals surface area contributed by atoms with E-state index in [4.69, 9.17) is 5.26 Å². The van der Waals surface area contributed by atoms with Crippen LogP contribution in [-0.4, -0.2) is 20.1 Å². The van der Waals surface area contributed by atoms with Crippen molar-refractivity contribution in [2.24, 2.45) is 0 Å². The minimum absolute atomic E-state index is 0.225. The zero-order valence-electron chi connectivity index (χ0n) is 11.9. The highest BCUT2D eigenvalue weighted by Crippen LogP contribution is 2.33. The van der Waals surface area contributed by atoms with Gasteiger partial charge in [0, 0.05) is 11.8 Å². The van der Waals surface area contributed by atoms with Gasteiger partial charge in [-0.3, -0.25) is 10.1 Å². The Kier molecular flexibility index (Phi) is 4.64. The summed E-state index contributed by atoms with van der Waals surface area (Å²) in [6.07, 6.45) is 0. The minimum atomic E-state index is -0.632. The number of nitrogens with zero attached hydrogens (tertiary/aromatic N) is 5. The first-order valence-corrected chi connectivity index (χ1v) is 8.18. The van der Waals surface area contributed by atoms with E-state index in [0.717, 1.165) is 5.69 Å². The largest absolute Gasteiger partial charge is 0.330 e. The van der Waals surface area contributed by atoms with Crippen molar-refractivity contribution in [3.8, 4) is 6.07 Å². The van der Waals surface area contributed by atoms with Crippen LogP contribution in [0.5, 0.6) is 0 Å². The SMILES string of the molecule is N#Cc1nc(Sc2nnc(Nc3ccccc3)s2)ccc1[N+](=O)[O-]. The van der Waals surface area contributed by atoms with E-state index < -0.39 is 4.92 Å².